The summed E-state index contributed by atoms with van der Waals surface area (Å²) >= 11 is 0. The number of unbranched alkanes of at least 4 members (excludes halogenated alkanes) is 1. The number of rotatable bonds is 6. The minimum Gasteiger partial charge on any atom is -0.396 e. The molecule has 6 heteroatoms. The third kappa shape index (κ3) is 3.33. The maximum Gasteiger partial charge on any atom is 0.242 e. The van der Waals surface area contributed by atoms with E-state index in [1.54, 1.807) is 18.3 Å². The molecule has 1 aromatic heterocycles. The first-order valence-corrected chi connectivity index (χ1v) is 7.99. The van der Waals surface area contributed by atoms with Crippen molar-refractivity contribution >= 4 is 20.9 Å². The summed E-state index contributed by atoms with van der Waals surface area (Å²) in [6, 6.07) is 7.03. The summed E-state index contributed by atoms with van der Waals surface area (Å²) in [5, 5.41) is 9.50. The smallest absolute Gasteiger partial charge is 0.242 e. The molecule has 20 heavy (non-hydrogen) atoms. The molecular formula is C14H18N2O3S. The van der Waals surface area contributed by atoms with Gasteiger partial charge in [0.2, 0.25) is 10.0 Å². The Morgan fingerprint density at radius 3 is 2.85 bits per heavy atom. The number of aliphatic hydroxyl groups excluding tert-OH is 1. The average molecular weight is 294 g/mol. The zero-order valence-electron chi connectivity index (χ0n) is 11.3. The lowest BCUT2D eigenvalue weighted by Crippen LogP contribution is -2.25. The van der Waals surface area contributed by atoms with E-state index in [1.807, 2.05) is 19.1 Å². The molecule has 0 aliphatic carbocycles. The SMILES string of the molecule is Cc1cnc2c(S(=O)(=O)NCCCCO)cccc2c1. The third-order valence-corrected chi connectivity index (χ3v) is 4.47. The van der Waals surface area contributed by atoms with Crippen LogP contribution < -0.4 is 4.72 Å². The molecule has 0 unspecified atom stereocenters. The zero-order chi connectivity index (χ0) is 14.6. The summed E-state index contributed by atoms with van der Waals surface area (Å²) in [6.07, 6.45) is 2.84. The van der Waals surface area contributed by atoms with Gasteiger partial charge < -0.3 is 5.11 Å². The first kappa shape index (κ1) is 14.9. The normalized spacial score (nSPS) is 11.9. The van der Waals surface area contributed by atoms with Crippen LogP contribution in [0.4, 0.5) is 0 Å². The van der Waals surface area contributed by atoms with E-state index in [-0.39, 0.29) is 11.5 Å². The first-order valence-electron chi connectivity index (χ1n) is 6.50. The maximum atomic E-state index is 12.3. The third-order valence-electron chi connectivity index (χ3n) is 2.98. The number of para-hydroxylation sites is 1. The fourth-order valence-corrected chi connectivity index (χ4v) is 3.23. The van der Waals surface area contributed by atoms with E-state index < -0.39 is 10.0 Å². The fourth-order valence-electron chi connectivity index (χ4n) is 1.98. The Morgan fingerprint density at radius 1 is 1.30 bits per heavy atom. The maximum absolute atomic E-state index is 12.3. The van der Waals surface area contributed by atoms with Crippen LogP contribution in [0.2, 0.25) is 0 Å². The molecule has 0 saturated carbocycles. The highest BCUT2D eigenvalue weighted by Crippen LogP contribution is 2.21. The lowest BCUT2D eigenvalue weighted by atomic mass is 10.2. The predicted octanol–water partition coefficient (Wildman–Crippen LogP) is 1.59. The molecule has 1 aromatic carbocycles. The lowest BCUT2D eigenvalue weighted by Gasteiger charge is -2.09. The molecule has 0 atom stereocenters. The number of pyridine rings is 1. The first-order chi connectivity index (χ1) is 9.54. The second kappa shape index (κ2) is 6.30. The number of hydrogen-bond donors (Lipinski definition) is 2. The highest BCUT2D eigenvalue weighted by atomic mass is 32.2. The summed E-state index contributed by atoms with van der Waals surface area (Å²) in [6.45, 7) is 2.29. The second-order valence-electron chi connectivity index (χ2n) is 4.67. The van der Waals surface area contributed by atoms with Crippen LogP contribution in [-0.2, 0) is 10.0 Å². The molecule has 0 radical (unpaired) electrons. The number of benzene rings is 1. The number of nitrogens with zero attached hydrogens (tertiary/aromatic N) is 1. The van der Waals surface area contributed by atoms with Crippen LogP contribution in [0.5, 0.6) is 0 Å². The van der Waals surface area contributed by atoms with E-state index in [0.29, 0.717) is 24.9 Å². The van der Waals surface area contributed by atoms with Gasteiger partial charge in [-0.1, -0.05) is 12.1 Å². The van der Waals surface area contributed by atoms with Gasteiger partial charge in [0, 0.05) is 24.7 Å². The molecule has 0 bridgehead atoms. The quantitative estimate of drug-likeness (QED) is 0.793. The number of nitrogens with one attached hydrogen (secondary N) is 1. The molecule has 2 rings (SSSR count). The molecule has 108 valence electrons. The Kier molecular flexibility index (Phi) is 4.69. The van der Waals surface area contributed by atoms with Gasteiger partial charge in [-0.25, -0.2) is 13.1 Å². The molecule has 0 fully saturated rings. The number of sulfonamides is 1. The largest absolute Gasteiger partial charge is 0.396 e. The summed E-state index contributed by atoms with van der Waals surface area (Å²) in [4.78, 5) is 4.43. The van der Waals surface area contributed by atoms with Crippen molar-refractivity contribution in [2.24, 2.45) is 0 Å². The van der Waals surface area contributed by atoms with E-state index in [1.165, 1.54) is 0 Å². The Morgan fingerprint density at radius 2 is 2.10 bits per heavy atom. The molecule has 2 N–H and O–H groups in total. The molecule has 0 aliphatic heterocycles. The number of aryl methyl sites for hydroxylation is 1. The van der Waals surface area contributed by atoms with Crippen molar-refractivity contribution in [1.82, 2.24) is 9.71 Å². The molecule has 2 aromatic rings. The van der Waals surface area contributed by atoms with Gasteiger partial charge in [0.1, 0.15) is 4.90 Å². The van der Waals surface area contributed by atoms with Crippen molar-refractivity contribution in [2.75, 3.05) is 13.2 Å². The molecule has 0 amide bonds. The van der Waals surface area contributed by atoms with Gasteiger partial charge in [0.15, 0.2) is 0 Å². The van der Waals surface area contributed by atoms with Crippen molar-refractivity contribution < 1.29 is 13.5 Å². The van der Waals surface area contributed by atoms with Gasteiger partial charge >= 0.3 is 0 Å². The van der Waals surface area contributed by atoms with Crippen LogP contribution in [0.3, 0.4) is 0 Å². The predicted molar refractivity (Wildman–Crippen MR) is 78.0 cm³/mol. The van der Waals surface area contributed by atoms with Gasteiger partial charge in [0.05, 0.1) is 5.52 Å². The second-order valence-corrected chi connectivity index (χ2v) is 6.40. The van der Waals surface area contributed by atoms with Crippen molar-refractivity contribution in [3.63, 3.8) is 0 Å². The Labute approximate surface area is 118 Å². The highest BCUT2D eigenvalue weighted by molar-refractivity contribution is 7.89. The number of aliphatic hydroxyl groups is 1. The van der Waals surface area contributed by atoms with Gasteiger partial charge in [-0.15, -0.1) is 0 Å². The lowest BCUT2D eigenvalue weighted by molar-refractivity contribution is 0.285. The molecular weight excluding hydrogens is 276 g/mol. The zero-order valence-corrected chi connectivity index (χ0v) is 12.2. The topological polar surface area (TPSA) is 79.3 Å². The van der Waals surface area contributed by atoms with E-state index in [0.717, 1.165) is 10.9 Å². The average Bonchev–Trinajstić information content (AvgIpc) is 2.42. The monoisotopic (exact) mass is 294 g/mol. The summed E-state index contributed by atoms with van der Waals surface area (Å²) in [7, 11) is -3.57. The van der Waals surface area contributed by atoms with Crippen LogP contribution in [0.15, 0.2) is 35.4 Å². The number of aromatic nitrogens is 1. The Bertz CT molecular complexity index is 699. The van der Waals surface area contributed by atoms with E-state index in [9.17, 15) is 8.42 Å². The van der Waals surface area contributed by atoms with Gasteiger partial charge in [-0.2, -0.15) is 0 Å². The van der Waals surface area contributed by atoms with Gasteiger partial charge in [0.25, 0.3) is 0 Å². The molecule has 0 saturated heterocycles. The van der Waals surface area contributed by atoms with Crippen LogP contribution in [0, 0.1) is 6.92 Å². The molecule has 5 nitrogen and oxygen atoms in total. The van der Waals surface area contributed by atoms with E-state index in [2.05, 4.69) is 9.71 Å². The minimum atomic E-state index is -3.57. The number of fused-ring (bicyclic) bond motifs is 1. The van der Waals surface area contributed by atoms with Crippen molar-refractivity contribution in [2.45, 2.75) is 24.7 Å². The van der Waals surface area contributed by atoms with Crippen molar-refractivity contribution in [3.05, 3.63) is 36.0 Å². The molecule has 0 spiro atoms. The minimum absolute atomic E-state index is 0.0663. The Hall–Kier alpha value is -1.50. The van der Waals surface area contributed by atoms with Crippen molar-refractivity contribution in [1.29, 1.82) is 0 Å². The summed E-state index contributed by atoms with van der Waals surface area (Å²) in [5.41, 5.74) is 1.47. The van der Waals surface area contributed by atoms with Crippen molar-refractivity contribution in [3.8, 4) is 0 Å². The van der Waals surface area contributed by atoms with E-state index >= 15 is 0 Å². The highest BCUT2D eigenvalue weighted by Gasteiger charge is 2.17. The number of hydrogen-bond acceptors (Lipinski definition) is 4. The standard InChI is InChI=1S/C14H18N2O3S/c1-11-9-12-5-4-6-13(14(12)15-10-11)20(18,19)16-7-2-3-8-17/h4-6,9-10,16-17H,2-3,7-8H2,1H3. The van der Waals surface area contributed by atoms with E-state index in [4.69, 9.17) is 5.11 Å². The van der Waals surface area contributed by atoms with Crippen LogP contribution >= 0.6 is 0 Å². The molecule has 1 heterocycles. The summed E-state index contributed by atoms with van der Waals surface area (Å²) in [5.74, 6) is 0. The van der Waals surface area contributed by atoms with Crippen LogP contribution in [-0.4, -0.2) is 31.7 Å². The van der Waals surface area contributed by atoms with Crippen LogP contribution in [0.1, 0.15) is 18.4 Å². The van der Waals surface area contributed by atoms with Gasteiger partial charge in [-0.3, -0.25) is 4.98 Å². The van der Waals surface area contributed by atoms with Gasteiger partial charge in [-0.05, 0) is 37.5 Å². The molecule has 0 aliphatic rings. The fraction of sp³-hybridized carbons (Fsp3) is 0.357. The van der Waals surface area contributed by atoms with Crippen LogP contribution in [0.25, 0.3) is 10.9 Å². The summed E-state index contributed by atoms with van der Waals surface area (Å²) < 4.78 is 27.1. The Balaban J connectivity index is 2.32.